The summed E-state index contributed by atoms with van der Waals surface area (Å²) in [6.07, 6.45) is 1.72. The number of nitriles is 1. The van der Waals surface area contributed by atoms with Crippen molar-refractivity contribution in [2.75, 3.05) is 0 Å². The molecule has 0 N–H and O–H groups in total. The van der Waals surface area contributed by atoms with Crippen molar-refractivity contribution in [3.05, 3.63) is 40.1 Å². The maximum atomic E-state index is 10.7. The molecule has 0 radical (unpaired) electrons. The predicted molar refractivity (Wildman–Crippen MR) is 59.0 cm³/mol. The summed E-state index contributed by atoms with van der Waals surface area (Å²) in [4.78, 5) is 10.2. The van der Waals surface area contributed by atoms with E-state index in [2.05, 4.69) is 6.07 Å². The minimum atomic E-state index is -0.432. The van der Waals surface area contributed by atoms with Crippen LogP contribution in [0.4, 0.5) is 5.69 Å². The first kappa shape index (κ1) is 10.2. The molecule has 0 spiro atoms. The third-order valence-corrected chi connectivity index (χ3v) is 2.54. The van der Waals surface area contributed by atoms with E-state index < -0.39 is 4.92 Å². The highest BCUT2D eigenvalue weighted by Crippen LogP contribution is 2.25. The number of aryl methyl sites for hydroxylation is 1. The van der Waals surface area contributed by atoms with Crippen molar-refractivity contribution < 1.29 is 4.92 Å². The SMILES string of the molecule is CCn1cc(C#N)c2ccc([N+](=O)[O-])cc21. The van der Waals surface area contributed by atoms with Crippen molar-refractivity contribution in [2.45, 2.75) is 13.5 Å². The van der Waals surface area contributed by atoms with Gasteiger partial charge < -0.3 is 4.57 Å². The van der Waals surface area contributed by atoms with E-state index in [1.165, 1.54) is 12.1 Å². The second-order valence-corrected chi connectivity index (χ2v) is 3.40. The van der Waals surface area contributed by atoms with Gasteiger partial charge in [0.05, 0.1) is 16.0 Å². The first-order chi connectivity index (χ1) is 7.67. The van der Waals surface area contributed by atoms with E-state index in [4.69, 9.17) is 5.26 Å². The Morgan fingerprint density at radius 1 is 1.56 bits per heavy atom. The molecule has 16 heavy (non-hydrogen) atoms. The molecule has 0 saturated carbocycles. The number of rotatable bonds is 2. The van der Waals surface area contributed by atoms with Crippen LogP contribution in [0.3, 0.4) is 0 Å². The molecule has 0 unspecified atom stereocenters. The van der Waals surface area contributed by atoms with Crippen LogP contribution in [0, 0.1) is 21.4 Å². The summed E-state index contributed by atoms with van der Waals surface area (Å²) in [5, 5.41) is 20.3. The number of aromatic nitrogens is 1. The van der Waals surface area contributed by atoms with Crippen molar-refractivity contribution in [1.82, 2.24) is 4.57 Å². The fourth-order valence-corrected chi connectivity index (χ4v) is 1.74. The van der Waals surface area contributed by atoms with Gasteiger partial charge in [0.25, 0.3) is 5.69 Å². The molecule has 5 nitrogen and oxygen atoms in total. The van der Waals surface area contributed by atoms with Crippen molar-refractivity contribution in [3.8, 4) is 6.07 Å². The molecule has 0 fully saturated rings. The van der Waals surface area contributed by atoms with Gasteiger partial charge in [-0.3, -0.25) is 10.1 Å². The maximum Gasteiger partial charge on any atom is 0.271 e. The monoisotopic (exact) mass is 215 g/mol. The van der Waals surface area contributed by atoms with Crippen LogP contribution in [-0.4, -0.2) is 9.49 Å². The van der Waals surface area contributed by atoms with Gasteiger partial charge in [0.15, 0.2) is 0 Å². The van der Waals surface area contributed by atoms with E-state index in [9.17, 15) is 10.1 Å². The molecule has 0 saturated heterocycles. The van der Waals surface area contributed by atoms with Crippen LogP contribution in [0.1, 0.15) is 12.5 Å². The summed E-state index contributed by atoms with van der Waals surface area (Å²) in [7, 11) is 0. The van der Waals surface area contributed by atoms with Gasteiger partial charge in [-0.25, -0.2) is 0 Å². The number of nitrogens with zero attached hydrogens (tertiary/aromatic N) is 3. The minimum absolute atomic E-state index is 0.0461. The molecule has 0 amide bonds. The Kier molecular flexibility index (Phi) is 2.33. The summed E-state index contributed by atoms with van der Waals surface area (Å²) < 4.78 is 1.83. The summed E-state index contributed by atoms with van der Waals surface area (Å²) in [6.45, 7) is 2.61. The quantitative estimate of drug-likeness (QED) is 0.570. The van der Waals surface area contributed by atoms with E-state index in [0.717, 1.165) is 10.9 Å². The predicted octanol–water partition coefficient (Wildman–Crippen LogP) is 2.44. The Labute approximate surface area is 91.7 Å². The third-order valence-electron chi connectivity index (χ3n) is 2.54. The lowest BCUT2D eigenvalue weighted by atomic mass is 10.2. The van der Waals surface area contributed by atoms with Crippen LogP contribution in [0.5, 0.6) is 0 Å². The van der Waals surface area contributed by atoms with Crippen molar-refractivity contribution in [2.24, 2.45) is 0 Å². The number of benzene rings is 1. The zero-order valence-corrected chi connectivity index (χ0v) is 8.67. The second-order valence-electron chi connectivity index (χ2n) is 3.40. The highest BCUT2D eigenvalue weighted by atomic mass is 16.6. The first-order valence-electron chi connectivity index (χ1n) is 4.84. The third kappa shape index (κ3) is 1.41. The number of hydrogen-bond acceptors (Lipinski definition) is 3. The number of non-ortho nitro benzene ring substituents is 1. The van der Waals surface area contributed by atoms with Gasteiger partial charge in [-0.1, -0.05) is 0 Å². The van der Waals surface area contributed by atoms with Crippen molar-refractivity contribution >= 4 is 16.6 Å². The molecule has 1 aromatic carbocycles. The van der Waals surface area contributed by atoms with Crippen LogP contribution in [0.2, 0.25) is 0 Å². The highest BCUT2D eigenvalue weighted by molar-refractivity contribution is 5.88. The van der Waals surface area contributed by atoms with Gasteiger partial charge in [0, 0.05) is 30.3 Å². The van der Waals surface area contributed by atoms with Gasteiger partial charge >= 0.3 is 0 Å². The minimum Gasteiger partial charge on any atom is -0.346 e. The van der Waals surface area contributed by atoms with E-state index >= 15 is 0 Å². The van der Waals surface area contributed by atoms with E-state index in [-0.39, 0.29) is 5.69 Å². The molecular weight excluding hydrogens is 206 g/mol. The molecule has 0 atom stereocenters. The van der Waals surface area contributed by atoms with Gasteiger partial charge in [-0.15, -0.1) is 0 Å². The fourth-order valence-electron chi connectivity index (χ4n) is 1.74. The molecular formula is C11H9N3O2. The molecule has 0 aliphatic rings. The smallest absolute Gasteiger partial charge is 0.271 e. The molecule has 5 heteroatoms. The summed E-state index contributed by atoms with van der Waals surface area (Å²) in [5.74, 6) is 0. The zero-order chi connectivity index (χ0) is 11.7. The average Bonchev–Trinajstić information content (AvgIpc) is 2.65. The fraction of sp³-hybridized carbons (Fsp3) is 0.182. The lowest BCUT2D eigenvalue weighted by molar-refractivity contribution is -0.384. The molecule has 0 aliphatic heterocycles. The lowest BCUT2D eigenvalue weighted by Gasteiger charge is -1.99. The van der Waals surface area contributed by atoms with Crippen molar-refractivity contribution in [3.63, 3.8) is 0 Å². The van der Waals surface area contributed by atoms with E-state index in [0.29, 0.717) is 12.1 Å². The van der Waals surface area contributed by atoms with E-state index in [1.54, 1.807) is 12.3 Å². The number of fused-ring (bicyclic) bond motifs is 1. The van der Waals surface area contributed by atoms with Gasteiger partial charge in [0.1, 0.15) is 6.07 Å². The summed E-state index contributed by atoms with van der Waals surface area (Å²) >= 11 is 0. The Balaban J connectivity index is 2.77. The largest absolute Gasteiger partial charge is 0.346 e. The molecule has 0 aliphatic carbocycles. The van der Waals surface area contributed by atoms with Gasteiger partial charge in [-0.05, 0) is 13.0 Å². The first-order valence-corrected chi connectivity index (χ1v) is 4.84. The highest BCUT2D eigenvalue weighted by Gasteiger charge is 2.12. The molecule has 2 rings (SSSR count). The van der Waals surface area contributed by atoms with Crippen LogP contribution in [0.15, 0.2) is 24.4 Å². The second kappa shape index (κ2) is 3.66. The normalized spacial score (nSPS) is 10.2. The molecule has 0 bridgehead atoms. The Morgan fingerprint density at radius 3 is 2.88 bits per heavy atom. The number of hydrogen-bond donors (Lipinski definition) is 0. The van der Waals surface area contributed by atoms with Gasteiger partial charge in [0.2, 0.25) is 0 Å². The standard InChI is InChI=1S/C11H9N3O2/c1-2-13-7-8(6-12)10-4-3-9(14(15)16)5-11(10)13/h3-5,7H,2H2,1H3. The topological polar surface area (TPSA) is 71.9 Å². The molecule has 2 aromatic rings. The average molecular weight is 215 g/mol. The molecule has 1 heterocycles. The van der Waals surface area contributed by atoms with E-state index in [1.807, 2.05) is 11.5 Å². The van der Waals surface area contributed by atoms with Crippen LogP contribution < -0.4 is 0 Å². The zero-order valence-electron chi connectivity index (χ0n) is 8.67. The Bertz CT molecular complexity index is 607. The summed E-state index contributed by atoms with van der Waals surface area (Å²) in [5.41, 5.74) is 1.32. The number of nitro groups is 1. The van der Waals surface area contributed by atoms with Gasteiger partial charge in [-0.2, -0.15) is 5.26 Å². The molecule has 80 valence electrons. The van der Waals surface area contributed by atoms with Crippen LogP contribution in [0.25, 0.3) is 10.9 Å². The Morgan fingerprint density at radius 2 is 2.31 bits per heavy atom. The van der Waals surface area contributed by atoms with Crippen molar-refractivity contribution in [1.29, 1.82) is 5.26 Å². The maximum absolute atomic E-state index is 10.7. The lowest BCUT2D eigenvalue weighted by Crippen LogP contribution is -1.92. The van der Waals surface area contributed by atoms with Crippen LogP contribution in [-0.2, 0) is 6.54 Å². The summed E-state index contributed by atoms with van der Waals surface area (Å²) in [6, 6.07) is 6.63. The molecule has 1 aromatic heterocycles. The Hall–Kier alpha value is -2.35. The number of nitro benzene ring substituents is 1. The van der Waals surface area contributed by atoms with Crippen LogP contribution >= 0.6 is 0 Å².